The van der Waals surface area contributed by atoms with Gasteiger partial charge in [-0.05, 0) is 60.7 Å². The number of hydrogen-bond acceptors (Lipinski definition) is 2. The van der Waals surface area contributed by atoms with E-state index >= 15 is 0 Å². The fourth-order valence-electron chi connectivity index (χ4n) is 5.35. The molecule has 0 amide bonds. The van der Waals surface area contributed by atoms with Crippen LogP contribution in [0, 0.1) is 0 Å². The minimum Gasteiger partial charge on any atom is -0.298 e. The van der Waals surface area contributed by atoms with E-state index in [4.69, 9.17) is 9.98 Å². The van der Waals surface area contributed by atoms with Gasteiger partial charge in [-0.1, -0.05) is 106 Å². The Morgan fingerprint density at radius 2 is 1.38 bits per heavy atom. The predicted octanol–water partition coefficient (Wildman–Crippen LogP) is 9.75. The molecule has 0 atom stereocenters. The van der Waals surface area contributed by atoms with E-state index in [2.05, 4.69) is 110 Å². The summed E-state index contributed by atoms with van der Waals surface area (Å²) >= 11 is 0. The quantitative estimate of drug-likeness (QED) is 0.182. The van der Waals surface area contributed by atoms with Crippen molar-refractivity contribution in [3.8, 4) is 39.3 Å². The molecule has 0 aliphatic rings. The Hall–Kier alpha value is -4.50. The summed E-state index contributed by atoms with van der Waals surface area (Å²) in [5.74, 6) is 0.953. The summed E-state index contributed by atoms with van der Waals surface area (Å²) in [6.07, 6.45) is 6.83. The van der Waals surface area contributed by atoms with Crippen molar-refractivity contribution in [1.29, 1.82) is 0 Å². The maximum absolute atomic E-state index is 5.06. The van der Waals surface area contributed by atoms with Crippen molar-refractivity contribution in [2.24, 2.45) is 4.99 Å². The van der Waals surface area contributed by atoms with E-state index in [1.807, 2.05) is 31.3 Å². The second-order valence-corrected chi connectivity index (χ2v) is 9.60. The van der Waals surface area contributed by atoms with Crippen LogP contribution in [0.4, 0.5) is 5.82 Å². The fourth-order valence-corrected chi connectivity index (χ4v) is 5.35. The SMILES string of the molecule is C=Cc1c(CC)c(CCC)n(-c2cccc(-c3cc(-c4ccccc4)nc(-c4ccccc4)c3)c2)c1/N=C\C. The number of hydrogen-bond donors (Lipinski definition) is 0. The predicted molar refractivity (Wildman–Crippen MR) is 167 cm³/mol. The second-order valence-electron chi connectivity index (χ2n) is 9.60. The molecule has 0 saturated carbocycles. The molecule has 0 bridgehead atoms. The second kappa shape index (κ2) is 11.9. The van der Waals surface area contributed by atoms with Gasteiger partial charge >= 0.3 is 0 Å². The van der Waals surface area contributed by atoms with Crippen LogP contribution in [0.1, 0.15) is 44.0 Å². The Morgan fingerprint density at radius 1 is 0.769 bits per heavy atom. The van der Waals surface area contributed by atoms with Crippen molar-refractivity contribution in [1.82, 2.24) is 9.55 Å². The maximum Gasteiger partial charge on any atom is 0.144 e. The molecule has 2 heterocycles. The monoisotopic (exact) mass is 509 g/mol. The third-order valence-electron chi connectivity index (χ3n) is 7.09. The van der Waals surface area contributed by atoms with Crippen LogP contribution in [0.3, 0.4) is 0 Å². The van der Waals surface area contributed by atoms with E-state index in [1.165, 1.54) is 11.3 Å². The number of benzene rings is 3. The van der Waals surface area contributed by atoms with E-state index < -0.39 is 0 Å². The van der Waals surface area contributed by atoms with Crippen LogP contribution in [0.15, 0.2) is 109 Å². The molecule has 2 aromatic heterocycles. The Labute approximate surface area is 232 Å². The van der Waals surface area contributed by atoms with E-state index in [1.54, 1.807) is 0 Å². The van der Waals surface area contributed by atoms with Crippen LogP contribution in [-0.4, -0.2) is 15.8 Å². The van der Waals surface area contributed by atoms with Gasteiger partial charge in [-0.2, -0.15) is 0 Å². The highest BCUT2D eigenvalue weighted by atomic mass is 15.1. The zero-order chi connectivity index (χ0) is 27.2. The summed E-state index contributed by atoms with van der Waals surface area (Å²) < 4.78 is 2.33. The lowest BCUT2D eigenvalue weighted by Crippen LogP contribution is -2.02. The van der Waals surface area contributed by atoms with Gasteiger partial charge in [0.2, 0.25) is 0 Å². The molecule has 3 heteroatoms. The lowest BCUT2D eigenvalue weighted by Gasteiger charge is -2.15. The number of nitrogens with zero attached hydrogens (tertiary/aromatic N) is 3. The van der Waals surface area contributed by atoms with Crippen LogP contribution in [0.25, 0.3) is 45.4 Å². The van der Waals surface area contributed by atoms with Gasteiger partial charge < -0.3 is 0 Å². The zero-order valence-corrected chi connectivity index (χ0v) is 23.1. The molecule has 0 fully saturated rings. The first kappa shape index (κ1) is 26.1. The van der Waals surface area contributed by atoms with Crippen molar-refractivity contribution in [3.63, 3.8) is 0 Å². The lowest BCUT2D eigenvalue weighted by atomic mass is 9.99. The maximum atomic E-state index is 5.06. The van der Waals surface area contributed by atoms with Crippen LogP contribution < -0.4 is 0 Å². The molecule has 5 aromatic rings. The lowest BCUT2D eigenvalue weighted by molar-refractivity contribution is 0.827. The molecule has 194 valence electrons. The highest BCUT2D eigenvalue weighted by Crippen LogP contribution is 2.37. The third kappa shape index (κ3) is 5.26. The van der Waals surface area contributed by atoms with Crippen molar-refractivity contribution in [2.75, 3.05) is 0 Å². The topological polar surface area (TPSA) is 30.2 Å². The van der Waals surface area contributed by atoms with Crippen molar-refractivity contribution < 1.29 is 0 Å². The molecule has 39 heavy (non-hydrogen) atoms. The molecule has 0 aliphatic heterocycles. The van der Waals surface area contributed by atoms with E-state index in [0.29, 0.717) is 0 Å². The Balaban J connectivity index is 1.72. The third-order valence-corrected chi connectivity index (χ3v) is 7.09. The molecule has 0 spiro atoms. The molecule has 0 radical (unpaired) electrons. The van der Waals surface area contributed by atoms with Gasteiger partial charge in [0, 0.05) is 34.3 Å². The first-order valence-corrected chi connectivity index (χ1v) is 13.8. The minimum absolute atomic E-state index is 0.945. The van der Waals surface area contributed by atoms with Gasteiger partial charge in [0.25, 0.3) is 0 Å². The summed E-state index contributed by atoms with van der Waals surface area (Å²) in [6, 6.07) is 34.0. The summed E-state index contributed by atoms with van der Waals surface area (Å²) in [7, 11) is 0. The first-order chi connectivity index (χ1) is 19.2. The molecule has 0 aliphatic carbocycles. The summed E-state index contributed by atoms with van der Waals surface area (Å²) in [5.41, 5.74) is 11.3. The number of aromatic nitrogens is 2. The first-order valence-electron chi connectivity index (χ1n) is 13.8. The van der Waals surface area contributed by atoms with Crippen molar-refractivity contribution in [2.45, 2.75) is 40.0 Å². The molecular weight excluding hydrogens is 474 g/mol. The van der Waals surface area contributed by atoms with Crippen LogP contribution in [0.5, 0.6) is 0 Å². The molecule has 0 saturated heterocycles. The Morgan fingerprint density at radius 3 is 1.92 bits per heavy atom. The van der Waals surface area contributed by atoms with Gasteiger partial charge in [-0.15, -0.1) is 0 Å². The largest absolute Gasteiger partial charge is 0.298 e. The Kier molecular flexibility index (Phi) is 7.98. The number of rotatable bonds is 9. The van der Waals surface area contributed by atoms with E-state index in [0.717, 1.165) is 70.0 Å². The van der Waals surface area contributed by atoms with Gasteiger partial charge in [-0.3, -0.25) is 4.57 Å². The molecular formula is C36H35N3. The summed E-state index contributed by atoms with van der Waals surface area (Å²) in [5, 5.41) is 0. The summed E-state index contributed by atoms with van der Waals surface area (Å²) in [4.78, 5) is 9.89. The standard InChI is InChI=1S/C36H35N3/c1-5-16-35-31(6-2)32(7-3)36(37-8-4)39(35)30-22-15-21-28(23-30)29-24-33(26-17-11-9-12-18-26)38-34(25-29)27-19-13-10-14-20-27/h7-15,17-25H,3,5-6,16H2,1-2,4H3/b37-8-. The van der Waals surface area contributed by atoms with Crippen LogP contribution >= 0.6 is 0 Å². The molecule has 0 unspecified atom stereocenters. The zero-order valence-electron chi connectivity index (χ0n) is 23.1. The minimum atomic E-state index is 0.945. The molecule has 5 rings (SSSR count). The number of aliphatic imine (C=N–C) groups is 1. The smallest absolute Gasteiger partial charge is 0.144 e. The van der Waals surface area contributed by atoms with Gasteiger partial charge in [0.1, 0.15) is 5.82 Å². The molecule has 3 nitrogen and oxygen atoms in total. The summed E-state index contributed by atoms with van der Waals surface area (Å²) in [6.45, 7) is 10.6. The number of pyridine rings is 1. The Bertz CT molecular complexity index is 1550. The molecule has 3 aromatic carbocycles. The normalized spacial score (nSPS) is 11.3. The fraction of sp³-hybridized carbons (Fsp3) is 0.167. The van der Waals surface area contributed by atoms with E-state index in [-0.39, 0.29) is 0 Å². The van der Waals surface area contributed by atoms with Crippen molar-refractivity contribution >= 4 is 18.1 Å². The highest BCUT2D eigenvalue weighted by molar-refractivity contribution is 5.79. The highest BCUT2D eigenvalue weighted by Gasteiger charge is 2.20. The van der Waals surface area contributed by atoms with Gasteiger partial charge in [0.15, 0.2) is 0 Å². The van der Waals surface area contributed by atoms with Crippen molar-refractivity contribution in [3.05, 3.63) is 120 Å². The van der Waals surface area contributed by atoms with Crippen LogP contribution in [-0.2, 0) is 12.8 Å². The van der Waals surface area contributed by atoms with Gasteiger partial charge in [-0.25, -0.2) is 9.98 Å². The molecule has 0 N–H and O–H groups in total. The van der Waals surface area contributed by atoms with Crippen LogP contribution in [0.2, 0.25) is 0 Å². The van der Waals surface area contributed by atoms with Gasteiger partial charge in [0.05, 0.1) is 11.4 Å². The average molecular weight is 510 g/mol. The van der Waals surface area contributed by atoms with E-state index in [9.17, 15) is 0 Å². The average Bonchev–Trinajstić information content (AvgIpc) is 3.30.